The van der Waals surface area contributed by atoms with Crippen LogP contribution in [-0.4, -0.2) is 18.0 Å². The van der Waals surface area contributed by atoms with Crippen molar-refractivity contribution in [3.63, 3.8) is 0 Å². The van der Waals surface area contributed by atoms with Crippen LogP contribution in [0.4, 0.5) is 0 Å². The van der Waals surface area contributed by atoms with Crippen LogP contribution in [0.5, 0.6) is 0 Å². The highest BCUT2D eigenvalue weighted by Crippen LogP contribution is 2.41. The van der Waals surface area contributed by atoms with Gasteiger partial charge in [0.05, 0.1) is 12.2 Å². The van der Waals surface area contributed by atoms with Crippen molar-refractivity contribution >= 4 is 0 Å². The van der Waals surface area contributed by atoms with E-state index in [1.807, 2.05) is 0 Å². The van der Waals surface area contributed by atoms with Crippen molar-refractivity contribution in [3.05, 3.63) is 58.2 Å². The van der Waals surface area contributed by atoms with Crippen molar-refractivity contribution in [1.82, 2.24) is 0 Å². The molecule has 0 bridgehead atoms. The van der Waals surface area contributed by atoms with Crippen molar-refractivity contribution < 1.29 is 9.47 Å². The summed E-state index contributed by atoms with van der Waals surface area (Å²) in [5.74, 6) is -0.471. The summed E-state index contributed by atoms with van der Waals surface area (Å²) in [4.78, 5) is 0. The molecular formula is C22H32O2. The van der Waals surface area contributed by atoms with Crippen LogP contribution in [0, 0.1) is 13.8 Å². The quantitative estimate of drug-likeness (QED) is 0.499. The molecular weight excluding hydrogens is 296 g/mol. The minimum Gasteiger partial charge on any atom is -0.340 e. The number of benzene rings is 1. The first-order chi connectivity index (χ1) is 11.1. The number of hydrogen-bond donors (Lipinski definition) is 0. The van der Waals surface area contributed by atoms with Crippen LogP contribution in [0.15, 0.2) is 41.5 Å². The topological polar surface area (TPSA) is 18.5 Å². The summed E-state index contributed by atoms with van der Waals surface area (Å²) >= 11 is 0. The van der Waals surface area contributed by atoms with E-state index < -0.39 is 5.79 Å². The van der Waals surface area contributed by atoms with Gasteiger partial charge in [0.15, 0.2) is 0 Å². The molecule has 0 atom stereocenters. The van der Waals surface area contributed by atoms with E-state index in [1.54, 1.807) is 0 Å². The Bertz CT molecular complexity index is 598. The van der Waals surface area contributed by atoms with E-state index in [9.17, 15) is 0 Å². The third-order valence-corrected chi connectivity index (χ3v) is 4.33. The zero-order valence-corrected chi connectivity index (χ0v) is 16.4. The van der Waals surface area contributed by atoms with Crippen molar-refractivity contribution in [3.8, 4) is 0 Å². The number of allylic oxidation sites excluding steroid dienone is 2. The fraction of sp³-hybridized carbons (Fsp3) is 0.545. The molecule has 0 spiro atoms. The Hall–Kier alpha value is -1.38. The van der Waals surface area contributed by atoms with Gasteiger partial charge in [-0.3, -0.25) is 0 Å². The minimum atomic E-state index is -0.738. The molecule has 1 aromatic carbocycles. The molecule has 1 aliphatic carbocycles. The third kappa shape index (κ3) is 3.99. The lowest BCUT2D eigenvalue weighted by atomic mass is 9.83. The molecule has 0 saturated carbocycles. The minimum absolute atomic E-state index is 0.0909. The summed E-state index contributed by atoms with van der Waals surface area (Å²) in [7, 11) is 0. The average molecular weight is 328 g/mol. The first-order valence-corrected chi connectivity index (χ1v) is 8.95. The Morgan fingerprint density at radius 1 is 0.750 bits per heavy atom. The molecule has 2 heteroatoms. The lowest BCUT2D eigenvalue weighted by molar-refractivity contribution is -0.222. The van der Waals surface area contributed by atoms with Crippen LogP contribution < -0.4 is 0 Å². The highest BCUT2D eigenvalue weighted by Gasteiger charge is 2.41. The van der Waals surface area contributed by atoms with E-state index in [4.69, 9.17) is 9.47 Å². The molecule has 24 heavy (non-hydrogen) atoms. The van der Waals surface area contributed by atoms with Gasteiger partial charge >= 0.3 is 0 Å². The lowest BCUT2D eigenvalue weighted by Crippen LogP contribution is -2.44. The van der Waals surface area contributed by atoms with Gasteiger partial charge in [-0.15, -0.1) is 0 Å². The molecule has 0 aromatic heterocycles. The van der Waals surface area contributed by atoms with Gasteiger partial charge in [0.25, 0.3) is 0 Å². The zero-order valence-electron chi connectivity index (χ0n) is 16.4. The van der Waals surface area contributed by atoms with E-state index in [0.717, 1.165) is 11.1 Å². The number of aryl methyl sites for hydroxylation is 2. The van der Waals surface area contributed by atoms with Gasteiger partial charge in [-0.2, -0.15) is 0 Å². The first kappa shape index (κ1) is 19.0. The van der Waals surface area contributed by atoms with Crippen LogP contribution in [-0.2, 0) is 9.47 Å². The summed E-state index contributed by atoms with van der Waals surface area (Å²) in [6.07, 6.45) is 4.75. The molecule has 0 amide bonds. The second-order valence-electron chi connectivity index (χ2n) is 7.60. The molecule has 0 saturated heterocycles. The zero-order chi connectivity index (χ0) is 18.1. The second-order valence-corrected chi connectivity index (χ2v) is 7.60. The number of ether oxygens (including phenoxy) is 2. The van der Waals surface area contributed by atoms with E-state index in [2.05, 4.69) is 85.7 Å². The van der Waals surface area contributed by atoms with Gasteiger partial charge in [-0.25, -0.2) is 0 Å². The monoisotopic (exact) mass is 328 g/mol. The van der Waals surface area contributed by atoms with E-state index >= 15 is 0 Å². The SMILES string of the molecule is CC1=CC(c2cc(C)cc(C)c2)C=C(C)C1(OC(C)C)OC(C)C. The van der Waals surface area contributed by atoms with E-state index in [0.29, 0.717) is 0 Å². The van der Waals surface area contributed by atoms with Gasteiger partial charge in [0, 0.05) is 5.92 Å². The van der Waals surface area contributed by atoms with Crippen LogP contribution >= 0.6 is 0 Å². The maximum absolute atomic E-state index is 6.29. The summed E-state index contributed by atoms with van der Waals surface area (Å²) in [6.45, 7) is 16.8. The van der Waals surface area contributed by atoms with Crippen LogP contribution in [0.1, 0.15) is 64.2 Å². The van der Waals surface area contributed by atoms with Crippen LogP contribution in [0.3, 0.4) is 0 Å². The Balaban J connectivity index is 2.45. The molecule has 1 aromatic rings. The smallest absolute Gasteiger partial charge is 0.214 e. The standard InChI is InChI=1S/C22H32O2/c1-14(2)23-22(24-15(3)4)18(7)12-21(13-19(22)8)20-10-16(5)9-17(6)11-20/h9-15,21H,1-8H3. The van der Waals surface area contributed by atoms with Crippen LogP contribution in [0.25, 0.3) is 0 Å². The molecule has 0 heterocycles. The summed E-state index contributed by atoms with van der Waals surface area (Å²) in [6, 6.07) is 6.75. The maximum Gasteiger partial charge on any atom is 0.214 e. The van der Waals surface area contributed by atoms with Gasteiger partial charge in [-0.05, 0) is 72.1 Å². The predicted octanol–water partition coefficient (Wildman–Crippen LogP) is 5.84. The highest BCUT2D eigenvalue weighted by molar-refractivity contribution is 5.43. The fourth-order valence-corrected chi connectivity index (χ4v) is 3.58. The first-order valence-electron chi connectivity index (χ1n) is 8.95. The molecule has 0 fully saturated rings. The normalized spacial score (nSPS) is 18.1. The molecule has 1 aliphatic rings. The predicted molar refractivity (Wildman–Crippen MR) is 101 cm³/mol. The van der Waals surface area contributed by atoms with Crippen molar-refractivity contribution in [2.75, 3.05) is 0 Å². The summed E-state index contributed by atoms with van der Waals surface area (Å²) < 4.78 is 12.6. The second kappa shape index (κ2) is 7.25. The molecule has 0 aliphatic heterocycles. The Kier molecular flexibility index (Phi) is 5.72. The molecule has 132 valence electrons. The van der Waals surface area contributed by atoms with Crippen LogP contribution in [0.2, 0.25) is 0 Å². The maximum atomic E-state index is 6.29. The van der Waals surface area contributed by atoms with E-state index in [1.165, 1.54) is 16.7 Å². The van der Waals surface area contributed by atoms with Gasteiger partial charge in [0.2, 0.25) is 5.79 Å². The largest absolute Gasteiger partial charge is 0.340 e. The Morgan fingerprint density at radius 2 is 1.17 bits per heavy atom. The van der Waals surface area contributed by atoms with Crippen molar-refractivity contribution in [2.24, 2.45) is 0 Å². The summed E-state index contributed by atoms with van der Waals surface area (Å²) in [5.41, 5.74) is 6.20. The molecule has 2 nitrogen and oxygen atoms in total. The third-order valence-electron chi connectivity index (χ3n) is 4.33. The number of hydrogen-bond acceptors (Lipinski definition) is 2. The summed E-state index contributed by atoms with van der Waals surface area (Å²) in [5, 5.41) is 0. The lowest BCUT2D eigenvalue weighted by Gasteiger charge is -2.41. The van der Waals surface area contributed by atoms with Crippen molar-refractivity contribution in [2.45, 2.75) is 79.3 Å². The van der Waals surface area contributed by atoms with E-state index in [-0.39, 0.29) is 18.1 Å². The molecule has 0 unspecified atom stereocenters. The molecule has 0 radical (unpaired) electrons. The van der Waals surface area contributed by atoms with Gasteiger partial charge < -0.3 is 9.47 Å². The fourth-order valence-electron chi connectivity index (χ4n) is 3.58. The molecule has 2 rings (SSSR count). The number of rotatable bonds is 5. The Labute approximate surface area is 147 Å². The molecule has 0 N–H and O–H groups in total. The van der Waals surface area contributed by atoms with Gasteiger partial charge in [-0.1, -0.05) is 41.5 Å². The highest BCUT2D eigenvalue weighted by atomic mass is 16.7. The van der Waals surface area contributed by atoms with Crippen molar-refractivity contribution in [1.29, 1.82) is 0 Å². The Morgan fingerprint density at radius 3 is 1.54 bits per heavy atom. The van der Waals surface area contributed by atoms with Gasteiger partial charge in [0.1, 0.15) is 0 Å². The average Bonchev–Trinajstić information content (AvgIpc) is 2.41.